The Labute approximate surface area is 220 Å². The number of hydrogen-bond donors (Lipinski definition) is 1. The molecule has 194 valence electrons. The van der Waals surface area contributed by atoms with Gasteiger partial charge in [-0.15, -0.1) is 0 Å². The first-order valence-corrected chi connectivity index (χ1v) is 13.4. The monoisotopic (exact) mass is 498 g/mol. The van der Waals surface area contributed by atoms with Crippen molar-refractivity contribution in [3.8, 4) is 5.75 Å². The van der Waals surface area contributed by atoms with E-state index in [2.05, 4.69) is 41.7 Å². The standard InChI is InChI=1S/C32H38N2O3/c1-25(22-27-12-15-30(16-13-27)37-24-29-10-6-3-7-11-29)33-31(35)23-28-18-20-34(21-19-28)32(36)17-14-26-8-4-2-5-9-26/h2-13,15-16,25,28H,14,17-24H2,1H3,(H,33,35). The third-order valence-corrected chi connectivity index (χ3v) is 7.03. The quantitative estimate of drug-likeness (QED) is 0.376. The molecule has 0 spiro atoms. The van der Waals surface area contributed by atoms with Gasteiger partial charge >= 0.3 is 0 Å². The van der Waals surface area contributed by atoms with Crippen molar-refractivity contribution in [2.24, 2.45) is 5.92 Å². The molecular formula is C32H38N2O3. The number of nitrogens with zero attached hydrogens (tertiary/aromatic N) is 1. The number of carbonyl (C=O) groups excluding carboxylic acids is 2. The first-order chi connectivity index (χ1) is 18.0. The van der Waals surface area contributed by atoms with Gasteiger partial charge in [-0.1, -0.05) is 72.8 Å². The molecule has 0 bridgehead atoms. The molecule has 3 aromatic rings. The van der Waals surface area contributed by atoms with E-state index in [9.17, 15) is 9.59 Å². The number of amides is 2. The number of benzene rings is 3. The van der Waals surface area contributed by atoms with Gasteiger partial charge in [0.25, 0.3) is 0 Å². The average molecular weight is 499 g/mol. The molecule has 1 heterocycles. The second-order valence-corrected chi connectivity index (χ2v) is 10.1. The topological polar surface area (TPSA) is 58.6 Å². The van der Waals surface area contributed by atoms with Crippen LogP contribution in [-0.2, 0) is 29.0 Å². The van der Waals surface area contributed by atoms with E-state index in [1.807, 2.05) is 60.4 Å². The van der Waals surface area contributed by atoms with Crippen LogP contribution < -0.4 is 10.1 Å². The first kappa shape index (κ1) is 26.5. The van der Waals surface area contributed by atoms with Crippen LogP contribution >= 0.6 is 0 Å². The van der Waals surface area contributed by atoms with Gasteiger partial charge in [-0.05, 0) is 67.3 Å². The molecule has 5 nitrogen and oxygen atoms in total. The highest BCUT2D eigenvalue weighted by atomic mass is 16.5. The first-order valence-electron chi connectivity index (χ1n) is 13.4. The Hall–Kier alpha value is -3.60. The van der Waals surface area contributed by atoms with Gasteiger partial charge in [-0.2, -0.15) is 0 Å². The van der Waals surface area contributed by atoms with Crippen molar-refractivity contribution >= 4 is 11.8 Å². The molecule has 1 aliphatic rings. The molecule has 1 unspecified atom stereocenters. The van der Waals surface area contributed by atoms with Crippen molar-refractivity contribution in [1.82, 2.24) is 10.2 Å². The Bertz CT molecular complexity index is 1110. The van der Waals surface area contributed by atoms with E-state index in [4.69, 9.17) is 4.74 Å². The molecule has 5 heteroatoms. The zero-order chi connectivity index (χ0) is 25.9. The number of aryl methyl sites for hydroxylation is 1. The second-order valence-electron chi connectivity index (χ2n) is 10.1. The van der Waals surface area contributed by atoms with Gasteiger partial charge in [-0.3, -0.25) is 9.59 Å². The molecule has 2 amide bonds. The number of likely N-dealkylation sites (tertiary alicyclic amines) is 1. The molecule has 37 heavy (non-hydrogen) atoms. The summed E-state index contributed by atoms with van der Waals surface area (Å²) in [5.41, 5.74) is 3.51. The third-order valence-electron chi connectivity index (χ3n) is 7.03. The molecule has 1 fully saturated rings. The highest BCUT2D eigenvalue weighted by Gasteiger charge is 2.24. The Morgan fingerprint density at radius 3 is 2.14 bits per heavy atom. The van der Waals surface area contributed by atoms with Crippen LogP contribution in [0.2, 0.25) is 0 Å². The zero-order valence-corrected chi connectivity index (χ0v) is 21.8. The van der Waals surface area contributed by atoms with Crippen LogP contribution in [-0.4, -0.2) is 35.8 Å². The van der Waals surface area contributed by atoms with E-state index in [0.29, 0.717) is 25.4 Å². The largest absolute Gasteiger partial charge is 0.489 e. The molecule has 4 rings (SSSR count). The van der Waals surface area contributed by atoms with Gasteiger partial charge in [-0.25, -0.2) is 0 Å². The van der Waals surface area contributed by atoms with Crippen molar-refractivity contribution in [3.05, 3.63) is 102 Å². The predicted octanol–water partition coefficient (Wildman–Crippen LogP) is 5.57. The van der Waals surface area contributed by atoms with Crippen LogP contribution in [0, 0.1) is 5.92 Å². The van der Waals surface area contributed by atoms with Gasteiger partial charge in [0.2, 0.25) is 11.8 Å². The minimum atomic E-state index is 0.0586. The number of piperidine rings is 1. The lowest BCUT2D eigenvalue weighted by atomic mass is 9.92. The Morgan fingerprint density at radius 1 is 0.865 bits per heavy atom. The summed E-state index contributed by atoms with van der Waals surface area (Å²) >= 11 is 0. The van der Waals surface area contributed by atoms with Crippen LogP contribution in [0.3, 0.4) is 0 Å². The van der Waals surface area contributed by atoms with E-state index in [1.54, 1.807) is 0 Å². The van der Waals surface area contributed by atoms with Gasteiger partial charge in [0.05, 0.1) is 0 Å². The molecule has 0 aliphatic carbocycles. The normalized spacial score (nSPS) is 14.7. The van der Waals surface area contributed by atoms with Gasteiger partial charge in [0, 0.05) is 32.0 Å². The summed E-state index contributed by atoms with van der Waals surface area (Å²) in [6, 6.07) is 28.4. The Kier molecular flexibility index (Phi) is 9.75. The fourth-order valence-electron chi connectivity index (χ4n) is 4.90. The SMILES string of the molecule is CC(Cc1ccc(OCc2ccccc2)cc1)NC(=O)CC1CCN(C(=O)CCc2ccccc2)CC1. The minimum Gasteiger partial charge on any atom is -0.489 e. The number of carbonyl (C=O) groups is 2. The van der Waals surface area contributed by atoms with Crippen LogP contribution in [0.4, 0.5) is 0 Å². The molecule has 0 radical (unpaired) electrons. The molecule has 1 aliphatic heterocycles. The van der Waals surface area contributed by atoms with Crippen LogP contribution in [0.25, 0.3) is 0 Å². The lowest BCUT2D eigenvalue weighted by Crippen LogP contribution is -2.41. The van der Waals surface area contributed by atoms with E-state index in [0.717, 1.165) is 50.1 Å². The van der Waals surface area contributed by atoms with Crippen LogP contribution in [0.5, 0.6) is 5.75 Å². The van der Waals surface area contributed by atoms with Crippen LogP contribution in [0.15, 0.2) is 84.9 Å². The summed E-state index contributed by atoms with van der Waals surface area (Å²) in [5, 5.41) is 3.16. The maximum atomic E-state index is 12.6. The third kappa shape index (κ3) is 8.78. The van der Waals surface area contributed by atoms with Crippen molar-refractivity contribution in [3.63, 3.8) is 0 Å². The Morgan fingerprint density at radius 2 is 1.49 bits per heavy atom. The second kappa shape index (κ2) is 13.6. The average Bonchev–Trinajstić information content (AvgIpc) is 2.93. The van der Waals surface area contributed by atoms with E-state index >= 15 is 0 Å². The van der Waals surface area contributed by atoms with E-state index in [1.165, 1.54) is 11.1 Å². The molecule has 0 aromatic heterocycles. The molecule has 0 saturated carbocycles. The number of ether oxygens (including phenoxy) is 1. The molecule has 1 atom stereocenters. The highest BCUT2D eigenvalue weighted by molar-refractivity contribution is 5.77. The van der Waals surface area contributed by atoms with Crippen molar-refractivity contribution in [2.75, 3.05) is 13.1 Å². The fourth-order valence-corrected chi connectivity index (χ4v) is 4.90. The lowest BCUT2D eigenvalue weighted by molar-refractivity contribution is -0.132. The molecular weight excluding hydrogens is 460 g/mol. The zero-order valence-electron chi connectivity index (χ0n) is 21.8. The van der Waals surface area contributed by atoms with Crippen molar-refractivity contribution in [2.45, 2.75) is 58.1 Å². The highest BCUT2D eigenvalue weighted by Crippen LogP contribution is 2.22. The summed E-state index contributed by atoms with van der Waals surface area (Å²) < 4.78 is 5.86. The fraction of sp³-hybridized carbons (Fsp3) is 0.375. The summed E-state index contributed by atoms with van der Waals surface area (Å²) in [6.45, 7) is 4.10. The van der Waals surface area contributed by atoms with Gasteiger partial charge < -0.3 is 15.0 Å². The predicted molar refractivity (Wildman–Crippen MR) is 147 cm³/mol. The summed E-state index contributed by atoms with van der Waals surface area (Å²) in [4.78, 5) is 27.2. The summed E-state index contributed by atoms with van der Waals surface area (Å²) in [5.74, 6) is 1.50. The lowest BCUT2D eigenvalue weighted by Gasteiger charge is -2.32. The van der Waals surface area contributed by atoms with Crippen molar-refractivity contribution in [1.29, 1.82) is 0 Å². The molecule has 1 saturated heterocycles. The van der Waals surface area contributed by atoms with Gasteiger partial charge in [0.1, 0.15) is 12.4 Å². The maximum Gasteiger partial charge on any atom is 0.222 e. The Balaban J connectivity index is 1.12. The number of nitrogens with one attached hydrogen (secondary N) is 1. The van der Waals surface area contributed by atoms with Crippen LogP contribution in [0.1, 0.15) is 49.3 Å². The molecule has 1 N–H and O–H groups in total. The smallest absolute Gasteiger partial charge is 0.222 e. The van der Waals surface area contributed by atoms with Gasteiger partial charge in [0.15, 0.2) is 0 Å². The number of rotatable bonds is 11. The van der Waals surface area contributed by atoms with Crippen molar-refractivity contribution < 1.29 is 14.3 Å². The maximum absolute atomic E-state index is 12.6. The van der Waals surface area contributed by atoms with E-state index in [-0.39, 0.29) is 17.9 Å². The summed E-state index contributed by atoms with van der Waals surface area (Å²) in [6.07, 6.45) is 4.42. The minimum absolute atomic E-state index is 0.0586. The summed E-state index contributed by atoms with van der Waals surface area (Å²) in [7, 11) is 0. The molecule has 3 aromatic carbocycles. The van der Waals surface area contributed by atoms with E-state index < -0.39 is 0 Å². The number of hydrogen-bond acceptors (Lipinski definition) is 3.